The molecule has 2 aromatic carbocycles. The molecule has 2 atom stereocenters. The molecule has 1 amide bonds. The highest BCUT2D eigenvalue weighted by atomic mass is 16.6. The summed E-state index contributed by atoms with van der Waals surface area (Å²) in [5.41, 5.74) is 5.07. The Labute approximate surface area is 200 Å². The van der Waals surface area contributed by atoms with Crippen LogP contribution in [0.2, 0.25) is 0 Å². The van der Waals surface area contributed by atoms with E-state index in [1.165, 1.54) is 5.56 Å². The fraction of sp³-hybridized carbons (Fsp3) is 0.407. The van der Waals surface area contributed by atoms with Crippen LogP contribution in [0.15, 0.2) is 55.1 Å². The zero-order valence-corrected chi connectivity index (χ0v) is 19.6. The highest BCUT2D eigenvalue weighted by Gasteiger charge is 2.39. The van der Waals surface area contributed by atoms with Gasteiger partial charge in [0.05, 0.1) is 5.56 Å². The second-order valence-corrected chi connectivity index (χ2v) is 9.28. The summed E-state index contributed by atoms with van der Waals surface area (Å²) in [5.74, 6) is -0.230. The number of esters is 1. The fourth-order valence-corrected chi connectivity index (χ4v) is 5.41. The fourth-order valence-electron chi connectivity index (χ4n) is 5.41. The highest BCUT2D eigenvalue weighted by molar-refractivity contribution is 5.94. The Morgan fingerprint density at radius 3 is 2.76 bits per heavy atom. The number of amides is 1. The van der Waals surface area contributed by atoms with E-state index in [-0.39, 0.29) is 24.1 Å². The normalized spacial score (nSPS) is 22.6. The van der Waals surface area contributed by atoms with Crippen LogP contribution in [-0.4, -0.2) is 72.1 Å². The van der Waals surface area contributed by atoms with Crippen LogP contribution in [0.5, 0.6) is 0 Å². The van der Waals surface area contributed by atoms with Gasteiger partial charge in [-0.25, -0.2) is 9.59 Å². The molecule has 0 saturated carbocycles. The number of nitrogens with zero attached hydrogens (tertiary/aromatic N) is 3. The number of rotatable bonds is 5. The lowest BCUT2D eigenvalue weighted by atomic mass is 9.90. The molecule has 0 spiro atoms. The van der Waals surface area contributed by atoms with Crippen LogP contribution in [0.3, 0.4) is 0 Å². The predicted octanol–water partition coefficient (Wildman–Crippen LogP) is 3.53. The molecule has 5 rings (SSSR count). The van der Waals surface area contributed by atoms with Crippen LogP contribution in [-0.2, 0) is 22.7 Å². The molecular weight excluding hydrogens is 430 g/mol. The molecule has 2 fully saturated rings. The van der Waals surface area contributed by atoms with Gasteiger partial charge in [-0.1, -0.05) is 42.5 Å². The molecule has 7 heteroatoms. The van der Waals surface area contributed by atoms with E-state index < -0.39 is 0 Å². The Hall–Kier alpha value is -3.16. The van der Waals surface area contributed by atoms with Gasteiger partial charge in [-0.3, -0.25) is 9.80 Å². The average molecular weight is 462 g/mol. The summed E-state index contributed by atoms with van der Waals surface area (Å²) in [7, 11) is 0. The van der Waals surface area contributed by atoms with Crippen LogP contribution in [0.4, 0.5) is 4.79 Å². The molecule has 2 saturated heterocycles. The molecule has 178 valence electrons. The van der Waals surface area contributed by atoms with E-state index in [1.807, 2.05) is 47.4 Å². The van der Waals surface area contributed by atoms with Crippen molar-refractivity contribution in [2.45, 2.75) is 32.2 Å². The Balaban J connectivity index is 1.28. The molecule has 7 nitrogen and oxygen atoms in total. The van der Waals surface area contributed by atoms with Crippen LogP contribution in [0.25, 0.3) is 0 Å². The number of hydrogen-bond donors (Lipinski definition) is 0. The Kier molecular flexibility index (Phi) is 6.39. The van der Waals surface area contributed by atoms with Crippen LogP contribution in [0.1, 0.15) is 38.7 Å². The molecule has 0 N–H and O–H groups in total. The number of ether oxygens (including phenoxy) is 2. The van der Waals surface area contributed by atoms with Gasteiger partial charge in [0.2, 0.25) is 0 Å². The van der Waals surface area contributed by atoms with Gasteiger partial charge in [0, 0.05) is 56.9 Å². The number of carbonyl (C=O) groups is 2. The molecular formula is C27H31N3O4. The van der Waals surface area contributed by atoms with Crippen molar-refractivity contribution in [3.63, 3.8) is 0 Å². The van der Waals surface area contributed by atoms with Gasteiger partial charge in [-0.05, 0) is 29.7 Å². The van der Waals surface area contributed by atoms with E-state index in [2.05, 4.69) is 29.4 Å². The summed E-state index contributed by atoms with van der Waals surface area (Å²) in [5, 5.41) is 0. The van der Waals surface area contributed by atoms with Gasteiger partial charge in [0.25, 0.3) is 0 Å². The van der Waals surface area contributed by atoms with Gasteiger partial charge in [0.1, 0.15) is 13.2 Å². The van der Waals surface area contributed by atoms with E-state index in [4.69, 9.17) is 9.47 Å². The molecule has 3 aliphatic heterocycles. The van der Waals surface area contributed by atoms with Gasteiger partial charge in [0.15, 0.2) is 0 Å². The van der Waals surface area contributed by atoms with Crippen molar-refractivity contribution in [2.24, 2.45) is 0 Å². The third kappa shape index (κ3) is 4.33. The summed E-state index contributed by atoms with van der Waals surface area (Å²) in [6, 6.07) is 14.2. The van der Waals surface area contributed by atoms with E-state index in [1.54, 1.807) is 0 Å². The summed E-state index contributed by atoms with van der Waals surface area (Å²) in [4.78, 5) is 31.5. The zero-order valence-electron chi connectivity index (χ0n) is 19.6. The number of cyclic esters (lactones) is 1. The average Bonchev–Trinajstić information content (AvgIpc) is 3.24. The largest absolute Gasteiger partial charge is 0.457 e. The van der Waals surface area contributed by atoms with Crippen molar-refractivity contribution in [3.8, 4) is 0 Å². The zero-order chi connectivity index (χ0) is 23.7. The van der Waals surface area contributed by atoms with Crippen molar-refractivity contribution in [1.29, 1.82) is 0 Å². The summed E-state index contributed by atoms with van der Waals surface area (Å²) < 4.78 is 10.8. The van der Waals surface area contributed by atoms with Crippen molar-refractivity contribution in [3.05, 3.63) is 82.9 Å². The predicted molar refractivity (Wildman–Crippen MR) is 128 cm³/mol. The Morgan fingerprint density at radius 1 is 1.15 bits per heavy atom. The third-order valence-electron chi connectivity index (χ3n) is 7.29. The van der Waals surface area contributed by atoms with Crippen LogP contribution < -0.4 is 0 Å². The minimum Gasteiger partial charge on any atom is -0.457 e. The first-order valence-corrected chi connectivity index (χ1v) is 11.9. The number of fused-ring (bicyclic) bond motifs is 2. The van der Waals surface area contributed by atoms with Crippen molar-refractivity contribution in [1.82, 2.24) is 14.7 Å². The Bertz CT molecular complexity index is 1090. The van der Waals surface area contributed by atoms with Crippen LogP contribution in [0, 0.1) is 6.92 Å². The summed E-state index contributed by atoms with van der Waals surface area (Å²) in [6.07, 6.45) is 1.69. The molecule has 1 unspecified atom stereocenters. The van der Waals surface area contributed by atoms with Crippen LogP contribution >= 0.6 is 0 Å². The minimum absolute atomic E-state index is 0.201. The first-order valence-electron chi connectivity index (χ1n) is 11.9. The quantitative estimate of drug-likeness (QED) is 0.502. The molecule has 0 bridgehead atoms. The van der Waals surface area contributed by atoms with Gasteiger partial charge in [-0.15, -0.1) is 6.58 Å². The number of piperazine rings is 2. The minimum atomic E-state index is -0.250. The SMILES string of the molecule is C=CCN1C[C@@H]2CN(C(=O)OCc3ccccc3)CCN2CC1c1ccc2c(c1C)COC2=O. The van der Waals surface area contributed by atoms with Crippen molar-refractivity contribution >= 4 is 12.1 Å². The van der Waals surface area contributed by atoms with E-state index >= 15 is 0 Å². The van der Waals surface area contributed by atoms with Gasteiger partial charge in [-0.2, -0.15) is 0 Å². The number of hydrogen-bond acceptors (Lipinski definition) is 6. The number of carbonyl (C=O) groups excluding carboxylic acids is 2. The molecule has 34 heavy (non-hydrogen) atoms. The lowest BCUT2D eigenvalue weighted by Gasteiger charge is -2.50. The molecule has 0 radical (unpaired) electrons. The highest BCUT2D eigenvalue weighted by Crippen LogP contribution is 2.35. The maximum Gasteiger partial charge on any atom is 0.410 e. The topological polar surface area (TPSA) is 62.3 Å². The first kappa shape index (κ1) is 22.6. The maximum absolute atomic E-state index is 12.7. The second-order valence-electron chi connectivity index (χ2n) is 9.28. The van der Waals surface area contributed by atoms with Gasteiger partial charge < -0.3 is 14.4 Å². The second kappa shape index (κ2) is 9.60. The number of benzene rings is 2. The van der Waals surface area contributed by atoms with E-state index in [9.17, 15) is 9.59 Å². The van der Waals surface area contributed by atoms with Crippen molar-refractivity contribution < 1.29 is 19.1 Å². The van der Waals surface area contributed by atoms with Gasteiger partial charge >= 0.3 is 12.1 Å². The standard InChI is InChI=1S/C27H31N3O4/c1-3-11-29-14-21-15-30(27(32)34-17-20-7-5-4-6-8-20)13-12-28(21)16-25(29)22-9-10-23-24(19(22)2)18-33-26(23)31/h3-10,21,25H,1,11-18H2,2H3/t21-,25?/m1/s1. The Morgan fingerprint density at radius 2 is 1.97 bits per heavy atom. The molecule has 3 aliphatic rings. The monoisotopic (exact) mass is 461 g/mol. The lowest BCUT2D eigenvalue weighted by Crippen LogP contribution is -2.63. The third-order valence-corrected chi connectivity index (χ3v) is 7.29. The summed E-state index contributed by atoms with van der Waals surface area (Å²) >= 11 is 0. The smallest absolute Gasteiger partial charge is 0.410 e. The first-order chi connectivity index (χ1) is 16.5. The molecule has 2 aromatic rings. The summed E-state index contributed by atoms with van der Waals surface area (Å²) in [6.45, 7) is 11.3. The molecule has 0 aromatic heterocycles. The van der Waals surface area contributed by atoms with E-state index in [0.717, 1.165) is 42.9 Å². The maximum atomic E-state index is 12.7. The lowest BCUT2D eigenvalue weighted by molar-refractivity contribution is -0.0156. The van der Waals surface area contributed by atoms with Crippen molar-refractivity contribution in [2.75, 3.05) is 39.3 Å². The van der Waals surface area contributed by atoms with E-state index in [0.29, 0.717) is 31.9 Å². The molecule has 3 heterocycles. The molecule has 0 aliphatic carbocycles.